The van der Waals surface area contributed by atoms with E-state index < -0.39 is 28.5 Å². The molecule has 4 aromatic carbocycles. The molecule has 0 radical (unpaired) electrons. The van der Waals surface area contributed by atoms with Gasteiger partial charge in [0.05, 0.1) is 22.2 Å². The molecule has 230 valence electrons. The first-order chi connectivity index (χ1) is 21.0. The van der Waals surface area contributed by atoms with Crippen molar-refractivity contribution in [3.05, 3.63) is 124 Å². The molecule has 4 rings (SSSR count). The Labute approximate surface area is 267 Å². The fraction of sp³-hybridized carbons (Fsp3) is 0.235. The van der Waals surface area contributed by atoms with Crippen LogP contribution in [0.25, 0.3) is 0 Å². The SMILES string of the molecule is CNC(=O)[C@@H](Cc1ccccc1)N(Cc1ccccc1C)C(=O)CN(c1ccc(C)cc1)S(=O)(=O)c1ccc(OC)c(Br)c1. The molecule has 0 heterocycles. The van der Waals surface area contributed by atoms with E-state index in [0.717, 1.165) is 26.6 Å². The Morgan fingerprint density at radius 1 is 0.909 bits per heavy atom. The van der Waals surface area contributed by atoms with Crippen molar-refractivity contribution in [2.45, 2.75) is 37.8 Å². The molecule has 2 amide bonds. The molecule has 44 heavy (non-hydrogen) atoms. The molecular weight excluding hydrogens is 642 g/mol. The van der Waals surface area contributed by atoms with Gasteiger partial charge in [0.2, 0.25) is 11.8 Å². The average Bonchev–Trinajstić information content (AvgIpc) is 3.02. The molecule has 1 atom stereocenters. The molecule has 0 aromatic heterocycles. The lowest BCUT2D eigenvalue weighted by molar-refractivity contribution is -0.139. The van der Waals surface area contributed by atoms with Gasteiger partial charge in [0.1, 0.15) is 18.3 Å². The number of nitrogens with one attached hydrogen (secondary N) is 1. The molecule has 0 saturated heterocycles. The van der Waals surface area contributed by atoms with Crippen LogP contribution < -0.4 is 14.4 Å². The van der Waals surface area contributed by atoms with Gasteiger partial charge in [-0.2, -0.15) is 0 Å². The molecule has 0 unspecified atom stereocenters. The fourth-order valence-electron chi connectivity index (χ4n) is 4.87. The fourth-order valence-corrected chi connectivity index (χ4v) is 7.00. The maximum atomic E-state index is 14.4. The summed E-state index contributed by atoms with van der Waals surface area (Å²) in [4.78, 5) is 29.3. The van der Waals surface area contributed by atoms with Crippen molar-refractivity contribution in [3.8, 4) is 5.75 Å². The number of hydrogen-bond donors (Lipinski definition) is 1. The molecule has 0 aliphatic heterocycles. The number of anilines is 1. The van der Waals surface area contributed by atoms with Crippen molar-refractivity contribution in [1.29, 1.82) is 0 Å². The maximum Gasteiger partial charge on any atom is 0.264 e. The average molecular weight is 679 g/mol. The zero-order chi connectivity index (χ0) is 31.9. The summed E-state index contributed by atoms with van der Waals surface area (Å²) in [7, 11) is -1.21. The number of likely N-dealkylation sites (N-methyl/N-ethyl adjacent to an activating group) is 1. The first-order valence-electron chi connectivity index (χ1n) is 14.1. The normalized spacial score (nSPS) is 11.8. The summed E-state index contributed by atoms with van der Waals surface area (Å²) in [6.07, 6.45) is 0.251. The van der Waals surface area contributed by atoms with Gasteiger partial charge in [0.25, 0.3) is 10.0 Å². The number of halogens is 1. The summed E-state index contributed by atoms with van der Waals surface area (Å²) >= 11 is 3.38. The predicted molar refractivity (Wildman–Crippen MR) is 176 cm³/mol. The molecule has 0 aliphatic carbocycles. The molecule has 10 heteroatoms. The summed E-state index contributed by atoms with van der Waals surface area (Å²) in [5, 5.41) is 2.70. The lowest BCUT2D eigenvalue weighted by atomic mass is 10.0. The summed E-state index contributed by atoms with van der Waals surface area (Å²) in [6, 6.07) is 27.5. The van der Waals surface area contributed by atoms with E-state index >= 15 is 0 Å². The predicted octanol–water partition coefficient (Wildman–Crippen LogP) is 5.66. The van der Waals surface area contributed by atoms with Gasteiger partial charge in [-0.3, -0.25) is 13.9 Å². The van der Waals surface area contributed by atoms with Crippen LogP contribution >= 0.6 is 15.9 Å². The van der Waals surface area contributed by atoms with Crippen molar-refractivity contribution in [3.63, 3.8) is 0 Å². The molecule has 0 saturated carbocycles. The Bertz CT molecular complexity index is 1710. The van der Waals surface area contributed by atoms with Crippen molar-refractivity contribution in [2.24, 2.45) is 0 Å². The van der Waals surface area contributed by atoms with Crippen LogP contribution in [-0.4, -0.2) is 51.9 Å². The Kier molecular flexibility index (Phi) is 10.8. The Morgan fingerprint density at radius 3 is 2.18 bits per heavy atom. The van der Waals surface area contributed by atoms with Crippen LogP contribution in [0.4, 0.5) is 5.69 Å². The Morgan fingerprint density at radius 2 is 1.57 bits per heavy atom. The molecule has 8 nitrogen and oxygen atoms in total. The van der Waals surface area contributed by atoms with E-state index in [0.29, 0.717) is 15.9 Å². The number of benzene rings is 4. The van der Waals surface area contributed by atoms with Crippen molar-refractivity contribution >= 4 is 43.5 Å². The van der Waals surface area contributed by atoms with E-state index in [1.54, 1.807) is 30.3 Å². The van der Waals surface area contributed by atoms with Gasteiger partial charge >= 0.3 is 0 Å². The Balaban J connectivity index is 1.80. The van der Waals surface area contributed by atoms with Crippen LogP contribution in [0.1, 0.15) is 22.3 Å². The second kappa shape index (κ2) is 14.5. The number of hydrogen-bond acceptors (Lipinski definition) is 5. The van der Waals surface area contributed by atoms with Gasteiger partial charge in [-0.05, 0) is 76.8 Å². The summed E-state index contributed by atoms with van der Waals surface area (Å²) in [6.45, 7) is 3.43. The molecule has 4 aromatic rings. The molecule has 0 fully saturated rings. The minimum absolute atomic E-state index is 0.0175. The molecule has 0 aliphatic rings. The van der Waals surface area contributed by atoms with Crippen LogP contribution in [-0.2, 0) is 32.6 Å². The van der Waals surface area contributed by atoms with Gasteiger partial charge < -0.3 is 15.0 Å². The number of nitrogens with zero attached hydrogens (tertiary/aromatic N) is 2. The van der Waals surface area contributed by atoms with E-state index in [1.165, 1.54) is 31.2 Å². The van der Waals surface area contributed by atoms with Crippen LogP contribution in [0.2, 0.25) is 0 Å². The van der Waals surface area contributed by atoms with Gasteiger partial charge in [-0.1, -0.05) is 72.3 Å². The van der Waals surface area contributed by atoms with Crippen LogP contribution in [0, 0.1) is 13.8 Å². The summed E-state index contributed by atoms with van der Waals surface area (Å²) in [5.74, 6) is -0.394. The van der Waals surface area contributed by atoms with E-state index in [1.807, 2.05) is 68.4 Å². The van der Waals surface area contributed by atoms with Crippen LogP contribution in [0.5, 0.6) is 5.75 Å². The topological polar surface area (TPSA) is 96.0 Å². The Hall–Kier alpha value is -4.15. The lowest BCUT2D eigenvalue weighted by Gasteiger charge is -2.34. The van der Waals surface area contributed by atoms with Gasteiger partial charge in [0.15, 0.2) is 0 Å². The molecular formula is C34H36BrN3O5S. The van der Waals surface area contributed by atoms with Crippen molar-refractivity contribution in [1.82, 2.24) is 10.2 Å². The highest BCUT2D eigenvalue weighted by molar-refractivity contribution is 9.10. The van der Waals surface area contributed by atoms with E-state index in [4.69, 9.17) is 4.74 Å². The number of carbonyl (C=O) groups is 2. The lowest BCUT2D eigenvalue weighted by Crippen LogP contribution is -2.53. The third kappa shape index (κ3) is 7.67. The van der Waals surface area contributed by atoms with Gasteiger partial charge in [0, 0.05) is 20.0 Å². The standard InChI is InChI=1S/C34H36BrN3O5S/c1-24-14-16-28(17-15-24)38(44(41,42)29-18-19-32(43-4)30(35)21-29)23-33(39)37(22-27-13-9-8-10-25(27)2)31(34(40)36-3)20-26-11-6-5-7-12-26/h5-19,21,31H,20,22-23H2,1-4H3,(H,36,40)/t31-/m1/s1. The third-order valence-corrected chi connectivity index (χ3v) is 9.82. The largest absolute Gasteiger partial charge is 0.496 e. The first kappa shape index (κ1) is 32.8. The zero-order valence-corrected chi connectivity index (χ0v) is 27.6. The first-order valence-corrected chi connectivity index (χ1v) is 16.3. The summed E-state index contributed by atoms with van der Waals surface area (Å²) in [5.41, 5.74) is 3.94. The smallest absolute Gasteiger partial charge is 0.264 e. The number of sulfonamides is 1. The minimum Gasteiger partial charge on any atom is -0.496 e. The zero-order valence-electron chi connectivity index (χ0n) is 25.2. The number of ether oxygens (including phenoxy) is 1. The number of carbonyl (C=O) groups excluding carboxylic acids is 2. The summed E-state index contributed by atoms with van der Waals surface area (Å²) < 4.78 is 35.3. The molecule has 1 N–H and O–H groups in total. The third-order valence-electron chi connectivity index (χ3n) is 7.43. The van der Waals surface area contributed by atoms with E-state index in [9.17, 15) is 18.0 Å². The van der Waals surface area contributed by atoms with Crippen molar-refractivity contribution in [2.75, 3.05) is 25.0 Å². The monoisotopic (exact) mass is 677 g/mol. The number of rotatable bonds is 12. The van der Waals surface area contributed by atoms with Gasteiger partial charge in [-0.25, -0.2) is 8.42 Å². The van der Waals surface area contributed by atoms with E-state index in [-0.39, 0.29) is 23.8 Å². The van der Waals surface area contributed by atoms with Crippen molar-refractivity contribution < 1.29 is 22.7 Å². The second-order valence-electron chi connectivity index (χ2n) is 10.4. The highest BCUT2D eigenvalue weighted by atomic mass is 79.9. The number of aryl methyl sites for hydroxylation is 2. The molecule has 0 bridgehead atoms. The maximum absolute atomic E-state index is 14.4. The highest BCUT2D eigenvalue weighted by Crippen LogP contribution is 2.31. The molecule has 0 spiro atoms. The van der Waals surface area contributed by atoms with Gasteiger partial charge in [-0.15, -0.1) is 0 Å². The van der Waals surface area contributed by atoms with E-state index in [2.05, 4.69) is 21.2 Å². The highest BCUT2D eigenvalue weighted by Gasteiger charge is 2.34. The number of methoxy groups -OCH3 is 1. The quantitative estimate of drug-likeness (QED) is 0.209. The van der Waals surface area contributed by atoms with Crippen LogP contribution in [0.15, 0.2) is 106 Å². The van der Waals surface area contributed by atoms with Crippen LogP contribution in [0.3, 0.4) is 0 Å². The number of amides is 2. The minimum atomic E-state index is -4.23. The second-order valence-corrected chi connectivity index (χ2v) is 13.1.